The van der Waals surface area contributed by atoms with E-state index >= 15 is 0 Å². The molecule has 27 heavy (non-hydrogen) atoms. The van der Waals surface area contributed by atoms with Crippen molar-refractivity contribution < 1.29 is 9.21 Å². The van der Waals surface area contributed by atoms with Crippen LogP contribution in [0, 0.1) is 0 Å². The number of aryl methyl sites for hydroxylation is 1. The molecule has 4 aromatic rings. The number of oxazole rings is 1. The van der Waals surface area contributed by atoms with E-state index in [1.807, 2.05) is 40.9 Å². The average molecular weight is 382 g/mol. The number of carbonyl (C=O) groups excluding carboxylic acids is 1. The summed E-state index contributed by atoms with van der Waals surface area (Å²) in [6.07, 6.45) is 4.21. The summed E-state index contributed by atoms with van der Waals surface area (Å²) in [5, 5.41) is 11.7. The lowest BCUT2D eigenvalue weighted by Crippen LogP contribution is -2.24. The van der Waals surface area contributed by atoms with Gasteiger partial charge < -0.3 is 9.73 Å². The molecule has 8 heteroatoms. The average Bonchev–Trinajstić information content (AvgIpc) is 3.32. The number of carbonyl (C=O) groups is 1. The van der Waals surface area contributed by atoms with Crippen molar-refractivity contribution in [1.82, 2.24) is 24.9 Å². The van der Waals surface area contributed by atoms with E-state index in [-0.39, 0.29) is 12.3 Å². The van der Waals surface area contributed by atoms with Gasteiger partial charge >= 0.3 is 0 Å². The molecule has 1 aromatic carbocycles. The van der Waals surface area contributed by atoms with E-state index in [9.17, 15) is 4.79 Å². The van der Waals surface area contributed by atoms with Gasteiger partial charge in [0.15, 0.2) is 23.1 Å². The molecular weight excluding hydrogens is 366 g/mol. The molecule has 0 saturated carbocycles. The molecule has 7 nitrogen and oxygen atoms in total. The molecule has 4 rings (SSSR count). The van der Waals surface area contributed by atoms with Gasteiger partial charge in [-0.05, 0) is 36.4 Å². The molecule has 0 atom stereocenters. The van der Waals surface area contributed by atoms with E-state index < -0.39 is 0 Å². The van der Waals surface area contributed by atoms with Crippen molar-refractivity contribution in [2.45, 2.75) is 19.4 Å². The highest BCUT2D eigenvalue weighted by atomic mass is 35.5. The van der Waals surface area contributed by atoms with Gasteiger partial charge in [0, 0.05) is 29.6 Å². The third kappa shape index (κ3) is 3.98. The molecule has 3 heterocycles. The van der Waals surface area contributed by atoms with E-state index in [0.717, 1.165) is 11.2 Å². The molecule has 136 valence electrons. The maximum Gasteiger partial charge on any atom is 0.220 e. The topological polar surface area (TPSA) is 85.3 Å². The summed E-state index contributed by atoms with van der Waals surface area (Å²) in [7, 11) is 0. The number of fused-ring (bicyclic) bond motifs is 1. The van der Waals surface area contributed by atoms with Crippen LogP contribution in [0.4, 0.5) is 0 Å². The predicted octanol–water partition coefficient (Wildman–Crippen LogP) is 3.29. The molecule has 0 aliphatic rings. The Kier molecular flexibility index (Phi) is 4.84. The molecule has 0 saturated heterocycles. The van der Waals surface area contributed by atoms with Gasteiger partial charge in [0.05, 0.1) is 12.7 Å². The number of pyridine rings is 1. The van der Waals surface area contributed by atoms with Gasteiger partial charge in [0.1, 0.15) is 0 Å². The maximum absolute atomic E-state index is 12.1. The Balaban J connectivity index is 1.31. The van der Waals surface area contributed by atoms with Crippen molar-refractivity contribution in [3.63, 3.8) is 0 Å². The first-order chi connectivity index (χ1) is 13.2. The number of benzene rings is 1. The summed E-state index contributed by atoms with van der Waals surface area (Å²) < 4.78 is 7.55. The zero-order valence-electron chi connectivity index (χ0n) is 14.3. The molecule has 0 aliphatic heterocycles. The second kappa shape index (κ2) is 7.59. The monoisotopic (exact) mass is 381 g/mol. The van der Waals surface area contributed by atoms with E-state index in [4.69, 9.17) is 16.0 Å². The molecule has 0 bridgehead atoms. The fraction of sp³-hybridized carbons (Fsp3) is 0.158. The van der Waals surface area contributed by atoms with Gasteiger partial charge in [-0.2, -0.15) is 0 Å². The lowest BCUT2D eigenvalue weighted by molar-refractivity contribution is -0.121. The molecule has 0 fully saturated rings. The molecule has 0 radical (unpaired) electrons. The number of amides is 1. The van der Waals surface area contributed by atoms with Crippen molar-refractivity contribution in [1.29, 1.82) is 0 Å². The highest BCUT2D eigenvalue weighted by Gasteiger charge is 2.10. The van der Waals surface area contributed by atoms with E-state index in [1.165, 1.54) is 0 Å². The van der Waals surface area contributed by atoms with Crippen LogP contribution < -0.4 is 5.32 Å². The normalized spacial score (nSPS) is 11.0. The zero-order chi connectivity index (χ0) is 18.6. The van der Waals surface area contributed by atoms with Gasteiger partial charge in [-0.25, -0.2) is 4.98 Å². The third-order valence-electron chi connectivity index (χ3n) is 4.08. The van der Waals surface area contributed by atoms with Crippen molar-refractivity contribution in [3.8, 4) is 11.3 Å². The number of aromatic nitrogens is 4. The van der Waals surface area contributed by atoms with Crippen molar-refractivity contribution in [2.75, 3.05) is 0 Å². The molecule has 1 N–H and O–H groups in total. The van der Waals surface area contributed by atoms with Gasteiger partial charge in [-0.1, -0.05) is 17.7 Å². The van der Waals surface area contributed by atoms with Crippen LogP contribution in [0.15, 0.2) is 59.3 Å². The molecule has 3 aromatic heterocycles. The van der Waals surface area contributed by atoms with Crippen LogP contribution in [0.2, 0.25) is 5.02 Å². The standard InChI is InChI=1S/C19H16ClN5O2/c20-14-6-4-13(5-7-14)15-11-22-19(27-15)9-8-18(26)21-12-17-24-23-16-3-1-2-10-25(16)17/h1-7,10-11H,8-9,12H2,(H,21,26). The Morgan fingerprint density at radius 1 is 1.15 bits per heavy atom. The lowest BCUT2D eigenvalue weighted by atomic mass is 10.2. The van der Waals surface area contributed by atoms with Crippen LogP contribution in [0.3, 0.4) is 0 Å². The Labute approximate surface area is 160 Å². The van der Waals surface area contributed by atoms with Crippen LogP contribution in [0.25, 0.3) is 17.0 Å². The van der Waals surface area contributed by atoms with Crippen LogP contribution in [-0.2, 0) is 17.8 Å². The Hall–Kier alpha value is -3.19. The highest BCUT2D eigenvalue weighted by Crippen LogP contribution is 2.22. The van der Waals surface area contributed by atoms with Crippen LogP contribution >= 0.6 is 11.6 Å². The van der Waals surface area contributed by atoms with E-state index in [0.29, 0.717) is 35.5 Å². The maximum atomic E-state index is 12.1. The van der Waals surface area contributed by atoms with Crippen LogP contribution in [-0.4, -0.2) is 25.5 Å². The van der Waals surface area contributed by atoms with Gasteiger partial charge in [-0.15, -0.1) is 10.2 Å². The number of hydrogen-bond donors (Lipinski definition) is 1. The second-order valence-corrected chi connectivity index (χ2v) is 6.38. The fourth-order valence-electron chi connectivity index (χ4n) is 2.67. The molecule has 1 amide bonds. The minimum Gasteiger partial charge on any atom is -0.441 e. The molecular formula is C19H16ClN5O2. The Morgan fingerprint density at radius 3 is 2.85 bits per heavy atom. The third-order valence-corrected chi connectivity index (χ3v) is 4.33. The smallest absolute Gasteiger partial charge is 0.220 e. The number of nitrogens with one attached hydrogen (secondary N) is 1. The number of rotatable bonds is 6. The van der Waals surface area contributed by atoms with Gasteiger partial charge in [0.25, 0.3) is 0 Å². The van der Waals surface area contributed by atoms with E-state index in [2.05, 4.69) is 20.5 Å². The number of hydrogen-bond acceptors (Lipinski definition) is 5. The van der Waals surface area contributed by atoms with Crippen molar-refractivity contribution in [3.05, 3.63) is 71.6 Å². The highest BCUT2D eigenvalue weighted by molar-refractivity contribution is 6.30. The summed E-state index contributed by atoms with van der Waals surface area (Å²) in [6, 6.07) is 13.0. The van der Waals surface area contributed by atoms with Crippen LogP contribution in [0.5, 0.6) is 0 Å². The summed E-state index contributed by atoms with van der Waals surface area (Å²) in [6.45, 7) is 0.311. The number of halogens is 1. The molecule has 0 aliphatic carbocycles. The van der Waals surface area contributed by atoms with Crippen molar-refractivity contribution >= 4 is 23.2 Å². The zero-order valence-corrected chi connectivity index (χ0v) is 15.1. The Morgan fingerprint density at radius 2 is 2.00 bits per heavy atom. The molecule has 0 unspecified atom stereocenters. The second-order valence-electron chi connectivity index (χ2n) is 5.95. The Bertz CT molecular complexity index is 1070. The summed E-state index contributed by atoms with van der Waals surface area (Å²) in [4.78, 5) is 16.3. The first kappa shape index (κ1) is 17.2. The summed E-state index contributed by atoms with van der Waals surface area (Å²) >= 11 is 5.89. The minimum atomic E-state index is -0.103. The summed E-state index contributed by atoms with van der Waals surface area (Å²) in [5.41, 5.74) is 1.64. The minimum absolute atomic E-state index is 0.103. The SMILES string of the molecule is O=C(CCc1ncc(-c2ccc(Cl)cc2)o1)NCc1nnc2ccccn12. The van der Waals surface area contributed by atoms with E-state index in [1.54, 1.807) is 18.3 Å². The largest absolute Gasteiger partial charge is 0.441 e. The van der Waals surface area contributed by atoms with Crippen molar-refractivity contribution in [2.24, 2.45) is 0 Å². The molecule has 0 spiro atoms. The quantitative estimate of drug-likeness (QED) is 0.554. The van der Waals surface area contributed by atoms with Gasteiger partial charge in [0.2, 0.25) is 5.91 Å². The fourth-order valence-corrected chi connectivity index (χ4v) is 2.80. The van der Waals surface area contributed by atoms with Gasteiger partial charge in [-0.3, -0.25) is 9.20 Å². The van der Waals surface area contributed by atoms with Crippen LogP contribution in [0.1, 0.15) is 18.1 Å². The first-order valence-corrected chi connectivity index (χ1v) is 8.83. The first-order valence-electron chi connectivity index (χ1n) is 8.45. The number of nitrogens with zero attached hydrogens (tertiary/aromatic N) is 4. The summed E-state index contributed by atoms with van der Waals surface area (Å²) in [5.74, 6) is 1.74. The lowest BCUT2D eigenvalue weighted by Gasteiger charge is -2.03. The predicted molar refractivity (Wildman–Crippen MR) is 100 cm³/mol.